The summed E-state index contributed by atoms with van der Waals surface area (Å²) < 4.78 is 28.2. The molecule has 0 bridgehead atoms. The van der Waals surface area contributed by atoms with Crippen molar-refractivity contribution in [2.24, 2.45) is 0 Å². The molecule has 0 spiro atoms. The first-order valence-electron chi connectivity index (χ1n) is 7.07. The summed E-state index contributed by atoms with van der Waals surface area (Å²) in [7, 11) is -1.95. The van der Waals surface area contributed by atoms with Crippen molar-refractivity contribution in [1.82, 2.24) is 14.6 Å². The second kappa shape index (κ2) is 7.53. The molecule has 1 rings (SSSR count). The molecule has 0 unspecified atom stereocenters. The first-order valence-corrected chi connectivity index (χ1v) is 9.39. The van der Waals surface area contributed by atoms with Crippen LogP contribution in [0.4, 0.5) is 5.13 Å². The zero-order valence-electron chi connectivity index (χ0n) is 13.4. The van der Waals surface area contributed by atoms with Crippen LogP contribution in [0.1, 0.15) is 39.8 Å². The van der Waals surface area contributed by atoms with Gasteiger partial charge in [0, 0.05) is 24.4 Å². The van der Waals surface area contributed by atoms with Crippen LogP contribution in [0.3, 0.4) is 0 Å². The SMILES string of the molecule is CCNCCCN(C)S(=O)(=O)Nc1nc(C(C)(C)C)cs1. The average molecular weight is 335 g/mol. The molecule has 2 N–H and O–H groups in total. The molecule has 0 aliphatic rings. The number of nitrogens with one attached hydrogen (secondary N) is 2. The van der Waals surface area contributed by atoms with Gasteiger partial charge in [-0.2, -0.15) is 12.7 Å². The Kier molecular flexibility index (Phi) is 6.58. The second-order valence-electron chi connectivity index (χ2n) is 5.92. The molecule has 0 fully saturated rings. The highest BCUT2D eigenvalue weighted by molar-refractivity contribution is 7.90. The number of aromatic nitrogens is 1. The maximum absolute atomic E-state index is 12.2. The van der Waals surface area contributed by atoms with Crippen LogP contribution >= 0.6 is 11.3 Å². The van der Waals surface area contributed by atoms with Crippen LogP contribution < -0.4 is 10.0 Å². The number of nitrogens with zero attached hydrogens (tertiary/aromatic N) is 2. The summed E-state index contributed by atoms with van der Waals surface area (Å²) in [5, 5.41) is 5.48. The van der Waals surface area contributed by atoms with Crippen molar-refractivity contribution >= 4 is 26.7 Å². The molecule has 0 aliphatic heterocycles. The van der Waals surface area contributed by atoms with E-state index in [1.54, 1.807) is 7.05 Å². The van der Waals surface area contributed by atoms with Gasteiger partial charge in [-0.1, -0.05) is 27.7 Å². The molecule has 0 radical (unpaired) electrons. The van der Waals surface area contributed by atoms with Gasteiger partial charge in [-0.3, -0.25) is 0 Å². The summed E-state index contributed by atoms with van der Waals surface area (Å²) in [4.78, 5) is 4.35. The van der Waals surface area contributed by atoms with Crippen LogP contribution in [0.25, 0.3) is 0 Å². The van der Waals surface area contributed by atoms with Gasteiger partial charge in [0.05, 0.1) is 5.69 Å². The third kappa shape index (κ3) is 5.90. The largest absolute Gasteiger partial charge is 0.317 e. The molecule has 8 heteroatoms. The van der Waals surface area contributed by atoms with Gasteiger partial charge in [0.2, 0.25) is 0 Å². The van der Waals surface area contributed by atoms with Gasteiger partial charge in [-0.05, 0) is 19.5 Å². The van der Waals surface area contributed by atoms with E-state index >= 15 is 0 Å². The zero-order chi connectivity index (χ0) is 16.1. The number of hydrogen-bond acceptors (Lipinski definition) is 5. The molecule has 21 heavy (non-hydrogen) atoms. The Balaban J connectivity index is 2.61. The highest BCUT2D eigenvalue weighted by Crippen LogP contribution is 2.27. The minimum absolute atomic E-state index is 0.0854. The van der Waals surface area contributed by atoms with Crippen molar-refractivity contribution in [3.05, 3.63) is 11.1 Å². The summed E-state index contributed by atoms with van der Waals surface area (Å²) in [5.41, 5.74) is 0.803. The van der Waals surface area contributed by atoms with Gasteiger partial charge >= 0.3 is 10.2 Å². The Hall–Kier alpha value is -0.700. The fourth-order valence-electron chi connectivity index (χ4n) is 1.58. The molecular weight excluding hydrogens is 308 g/mol. The maximum Gasteiger partial charge on any atom is 0.303 e. The Morgan fingerprint density at radius 2 is 2.05 bits per heavy atom. The van der Waals surface area contributed by atoms with Crippen molar-refractivity contribution in [1.29, 1.82) is 0 Å². The third-order valence-electron chi connectivity index (χ3n) is 2.98. The van der Waals surface area contributed by atoms with Gasteiger partial charge < -0.3 is 5.32 Å². The minimum Gasteiger partial charge on any atom is -0.317 e. The Morgan fingerprint density at radius 1 is 1.38 bits per heavy atom. The molecule has 0 atom stereocenters. The molecule has 6 nitrogen and oxygen atoms in total. The van der Waals surface area contributed by atoms with E-state index in [4.69, 9.17) is 0 Å². The van der Waals surface area contributed by atoms with E-state index in [9.17, 15) is 8.42 Å². The van der Waals surface area contributed by atoms with E-state index < -0.39 is 10.2 Å². The minimum atomic E-state index is -3.53. The van der Waals surface area contributed by atoms with Crippen molar-refractivity contribution in [2.75, 3.05) is 31.4 Å². The van der Waals surface area contributed by atoms with Crippen molar-refractivity contribution < 1.29 is 8.42 Å². The fourth-order valence-corrected chi connectivity index (χ4v) is 3.66. The highest BCUT2D eigenvalue weighted by Gasteiger charge is 2.21. The average Bonchev–Trinajstić information content (AvgIpc) is 2.82. The lowest BCUT2D eigenvalue weighted by Crippen LogP contribution is -2.34. The molecule has 0 saturated carbocycles. The van der Waals surface area contributed by atoms with Crippen molar-refractivity contribution in [3.8, 4) is 0 Å². The van der Waals surface area contributed by atoms with Crippen LogP contribution in [-0.4, -0.2) is 44.4 Å². The smallest absolute Gasteiger partial charge is 0.303 e. The van der Waals surface area contributed by atoms with Crippen LogP contribution in [0.5, 0.6) is 0 Å². The molecular formula is C13H26N4O2S2. The third-order valence-corrected chi connectivity index (χ3v) is 5.32. The maximum atomic E-state index is 12.2. The Labute approximate surface area is 132 Å². The monoisotopic (exact) mass is 334 g/mol. The van der Waals surface area contributed by atoms with Gasteiger partial charge in [0.1, 0.15) is 0 Å². The first kappa shape index (κ1) is 18.3. The number of anilines is 1. The lowest BCUT2D eigenvalue weighted by Gasteiger charge is -2.17. The summed E-state index contributed by atoms with van der Waals surface area (Å²) >= 11 is 1.31. The van der Waals surface area contributed by atoms with Crippen LogP contribution in [0.15, 0.2) is 5.38 Å². The van der Waals surface area contributed by atoms with Crippen molar-refractivity contribution in [2.45, 2.75) is 39.5 Å². The van der Waals surface area contributed by atoms with Gasteiger partial charge in [0.25, 0.3) is 0 Å². The topological polar surface area (TPSA) is 74.3 Å². The molecule has 0 aliphatic carbocycles. The summed E-state index contributed by atoms with van der Waals surface area (Å²) in [5.74, 6) is 0. The predicted molar refractivity (Wildman–Crippen MR) is 89.1 cm³/mol. The van der Waals surface area contributed by atoms with E-state index in [0.29, 0.717) is 11.7 Å². The number of thiazole rings is 1. The molecule has 1 heterocycles. The molecule has 0 saturated heterocycles. The summed E-state index contributed by atoms with van der Waals surface area (Å²) in [6, 6.07) is 0. The first-order chi connectivity index (χ1) is 9.66. The van der Waals surface area contributed by atoms with Gasteiger partial charge in [-0.25, -0.2) is 9.71 Å². The van der Waals surface area contributed by atoms with E-state index in [1.807, 2.05) is 33.1 Å². The fraction of sp³-hybridized carbons (Fsp3) is 0.769. The number of hydrogen-bond donors (Lipinski definition) is 2. The quantitative estimate of drug-likeness (QED) is 0.713. The Morgan fingerprint density at radius 3 is 2.57 bits per heavy atom. The standard InChI is InChI=1S/C13H26N4O2S2/c1-6-14-8-7-9-17(5)21(18,19)16-12-15-11(10-20-12)13(2,3)4/h10,14H,6-9H2,1-5H3,(H,15,16). The van der Waals surface area contributed by atoms with Crippen LogP contribution in [0, 0.1) is 0 Å². The van der Waals surface area contributed by atoms with Crippen molar-refractivity contribution in [3.63, 3.8) is 0 Å². The van der Waals surface area contributed by atoms with E-state index in [2.05, 4.69) is 15.0 Å². The summed E-state index contributed by atoms with van der Waals surface area (Å²) in [6.07, 6.45) is 0.774. The lowest BCUT2D eigenvalue weighted by atomic mass is 9.93. The highest BCUT2D eigenvalue weighted by atomic mass is 32.2. The van der Waals surface area contributed by atoms with E-state index in [-0.39, 0.29) is 5.41 Å². The second-order valence-corrected chi connectivity index (χ2v) is 8.56. The van der Waals surface area contributed by atoms with Crippen LogP contribution in [-0.2, 0) is 15.6 Å². The molecule has 0 aromatic carbocycles. The Bertz CT molecular complexity index is 535. The molecule has 122 valence electrons. The van der Waals surface area contributed by atoms with Gasteiger partial charge in [-0.15, -0.1) is 11.3 Å². The summed E-state index contributed by atoms with van der Waals surface area (Å²) in [6.45, 7) is 10.3. The molecule has 1 aromatic heterocycles. The zero-order valence-corrected chi connectivity index (χ0v) is 15.1. The molecule has 1 aromatic rings. The predicted octanol–water partition coefficient (Wildman–Crippen LogP) is 2.03. The van der Waals surface area contributed by atoms with E-state index in [0.717, 1.165) is 25.2 Å². The van der Waals surface area contributed by atoms with Gasteiger partial charge in [0.15, 0.2) is 5.13 Å². The number of rotatable bonds is 8. The van der Waals surface area contributed by atoms with Crippen LogP contribution in [0.2, 0.25) is 0 Å². The normalized spacial score (nSPS) is 12.9. The lowest BCUT2D eigenvalue weighted by molar-refractivity contribution is 0.459. The van der Waals surface area contributed by atoms with E-state index in [1.165, 1.54) is 15.6 Å². The molecule has 0 amide bonds.